The van der Waals surface area contributed by atoms with Crippen LogP contribution in [-0.2, 0) is 0 Å². The second-order valence-electron chi connectivity index (χ2n) is 1.06. The number of nitrogen functional groups attached to an aromatic ring is 1. The van der Waals surface area contributed by atoms with Crippen LogP contribution in [-0.4, -0.2) is 5.16 Å². The Morgan fingerprint density at radius 1 is 1.86 bits per heavy atom. The average Bonchev–Trinajstić information content (AvgIpc) is 1.87. The Bertz CT molecular complexity index is 145. The molecule has 0 bridgehead atoms. The molecule has 0 atom stereocenters. The lowest BCUT2D eigenvalue weighted by atomic mass is 10.7. The molecule has 0 aliphatic rings. The molecule has 1 rings (SSSR count). The highest BCUT2D eigenvalue weighted by Crippen LogP contribution is 2.05. The molecule has 3 nitrogen and oxygen atoms in total. The van der Waals surface area contributed by atoms with Gasteiger partial charge in [-0.3, -0.25) is 0 Å². The van der Waals surface area contributed by atoms with Crippen molar-refractivity contribution in [2.75, 3.05) is 5.73 Å². The Labute approximate surface area is 54.0 Å². The first-order valence-corrected chi connectivity index (χ1v) is 2.74. The van der Waals surface area contributed by atoms with Crippen LogP contribution in [0.1, 0.15) is 0 Å². The number of hydrogen-bond acceptors (Lipinski definition) is 3. The Morgan fingerprint density at radius 2 is 2.57 bits per heavy atom. The van der Waals surface area contributed by atoms with Crippen molar-refractivity contribution in [1.82, 2.24) is 5.16 Å². The summed E-state index contributed by atoms with van der Waals surface area (Å²) in [6.07, 6.45) is 0. The van der Waals surface area contributed by atoms with E-state index in [-0.39, 0.29) is 0 Å². The predicted molar refractivity (Wildman–Crippen MR) is 33.6 cm³/mol. The molecule has 38 valence electrons. The minimum atomic E-state index is 0.435. The zero-order chi connectivity index (χ0) is 5.28. The Morgan fingerprint density at radius 3 is 2.71 bits per heavy atom. The van der Waals surface area contributed by atoms with Crippen LogP contribution in [0.15, 0.2) is 10.6 Å². The van der Waals surface area contributed by atoms with Crippen LogP contribution < -0.4 is 5.73 Å². The van der Waals surface area contributed by atoms with Crippen molar-refractivity contribution in [2.24, 2.45) is 0 Å². The van der Waals surface area contributed by atoms with Crippen LogP contribution in [0, 0.1) is 3.77 Å². The van der Waals surface area contributed by atoms with Gasteiger partial charge in [0.05, 0.1) is 0 Å². The second-order valence-corrected chi connectivity index (χ2v) is 2.12. The molecular formula is C3H3IN2O. The quantitative estimate of drug-likeness (QED) is 0.646. The molecular weight excluding hydrogens is 207 g/mol. The van der Waals surface area contributed by atoms with Gasteiger partial charge in [-0.2, -0.15) is 0 Å². The Hall–Kier alpha value is -0.260. The standard InChI is InChI=1S/C3H3IN2O/c4-2-1-3(5)6-7-2/h1H,(H2,5,6). The fourth-order valence-electron chi connectivity index (χ4n) is 0.265. The van der Waals surface area contributed by atoms with E-state index in [0.717, 1.165) is 3.77 Å². The zero-order valence-corrected chi connectivity index (χ0v) is 5.55. The number of aromatic nitrogens is 1. The summed E-state index contributed by atoms with van der Waals surface area (Å²) in [5.74, 6) is 0.435. The lowest BCUT2D eigenvalue weighted by Crippen LogP contribution is -1.79. The summed E-state index contributed by atoms with van der Waals surface area (Å²) in [4.78, 5) is 0. The van der Waals surface area contributed by atoms with Crippen LogP contribution in [0.5, 0.6) is 0 Å². The summed E-state index contributed by atoms with van der Waals surface area (Å²) in [6, 6.07) is 1.65. The van der Waals surface area contributed by atoms with Gasteiger partial charge in [0.15, 0.2) is 9.58 Å². The van der Waals surface area contributed by atoms with Crippen molar-refractivity contribution in [1.29, 1.82) is 0 Å². The van der Waals surface area contributed by atoms with Crippen LogP contribution >= 0.6 is 22.6 Å². The minimum absolute atomic E-state index is 0.435. The molecule has 7 heavy (non-hydrogen) atoms. The van der Waals surface area contributed by atoms with Crippen LogP contribution in [0.25, 0.3) is 0 Å². The zero-order valence-electron chi connectivity index (χ0n) is 3.39. The number of hydrogen-bond donors (Lipinski definition) is 1. The summed E-state index contributed by atoms with van der Waals surface area (Å²) in [6.45, 7) is 0. The third-order valence-corrected chi connectivity index (χ3v) is 1.01. The summed E-state index contributed by atoms with van der Waals surface area (Å²) < 4.78 is 5.29. The van der Waals surface area contributed by atoms with Gasteiger partial charge in [0.25, 0.3) is 0 Å². The largest absolute Gasteiger partial charge is 0.381 e. The molecule has 0 unspecified atom stereocenters. The smallest absolute Gasteiger partial charge is 0.198 e. The van der Waals surface area contributed by atoms with Gasteiger partial charge >= 0.3 is 0 Å². The van der Waals surface area contributed by atoms with E-state index in [4.69, 9.17) is 5.73 Å². The van der Waals surface area contributed by atoms with Crippen molar-refractivity contribution in [3.8, 4) is 0 Å². The number of nitrogens with zero attached hydrogens (tertiary/aromatic N) is 1. The van der Waals surface area contributed by atoms with Gasteiger partial charge in [0.1, 0.15) is 0 Å². The maximum Gasteiger partial charge on any atom is 0.198 e. The highest BCUT2D eigenvalue weighted by Gasteiger charge is 1.90. The van der Waals surface area contributed by atoms with Gasteiger partial charge < -0.3 is 10.3 Å². The van der Waals surface area contributed by atoms with E-state index in [1.165, 1.54) is 0 Å². The predicted octanol–water partition coefficient (Wildman–Crippen LogP) is 0.861. The first-order valence-electron chi connectivity index (χ1n) is 1.67. The topological polar surface area (TPSA) is 52.0 Å². The summed E-state index contributed by atoms with van der Waals surface area (Å²) in [5, 5.41) is 3.41. The van der Waals surface area contributed by atoms with Crippen LogP contribution in [0.3, 0.4) is 0 Å². The van der Waals surface area contributed by atoms with Gasteiger partial charge in [-0.05, 0) is 0 Å². The molecule has 2 N–H and O–H groups in total. The van der Waals surface area contributed by atoms with Crippen LogP contribution in [0.2, 0.25) is 0 Å². The monoisotopic (exact) mass is 210 g/mol. The van der Waals surface area contributed by atoms with Crippen LogP contribution in [0.4, 0.5) is 5.82 Å². The molecule has 1 aromatic heterocycles. The highest BCUT2D eigenvalue weighted by molar-refractivity contribution is 14.1. The van der Waals surface area contributed by atoms with Gasteiger partial charge in [0, 0.05) is 28.7 Å². The lowest BCUT2D eigenvalue weighted by Gasteiger charge is -1.64. The van der Waals surface area contributed by atoms with Crippen molar-refractivity contribution >= 4 is 28.4 Å². The van der Waals surface area contributed by atoms with E-state index < -0.39 is 0 Å². The molecule has 0 radical (unpaired) electrons. The van der Waals surface area contributed by atoms with Gasteiger partial charge in [0.2, 0.25) is 0 Å². The fourth-order valence-corrected chi connectivity index (χ4v) is 0.683. The molecule has 0 aliphatic carbocycles. The van der Waals surface area contributed by atoms with Gasteiger partial charge in [-0.15, -0.1) is 0 Å². The molecule has 0 amide bonds. The third kappa shape index (κ3) is 1.05. The molecule has 0 fully saturated rings. The first-order chi connectivity index (χ1) is 3.29. The van der Waals surface area contributed by atoms with Gasteiger partial charge in [-0.1, -0.05) is 5.16 Å². The van der Waals surface area contributed by atoms with E-state index in [2.05, 4.69) is 9.68 Å². The molecule has 4 heteroatoms. The number of halogens is 1. The van der Waals surface area contributed by atoms with Crippen molar-refractivity contribution in [2.45, 2.75) is 0 Å². The summed E-state index contributed by atoms with van der Waals surface area (Å²) in [5.41, 5.74) is 5.17. The molecule has 1 heterocycles. The summed E-state index contributed by atoms with van der Waals surface area (Å²) in [7, 11) is 0. The highest BCUT2D eigenvalue weighted by atomic mass is 127. The average molecular weight is 210 g/mol. The van der Waals surface area contributed by atoms with Crippen molar-refractivity contribution in [3.63, 3.8) is 0 Å². The van der Waals surface area contributed by atoms with E-state index >= 15 is 0 Å². The fraction of sp³-hybridized carbons (Fsp3) is 0. The van der Waals surface area contributed by atoms with Gasteiger partial charge in [-0.25, -0.2) is 0 Å². The summed E-state index contributed by atoms with van der Waals surface area (Å²) >= 11 is 1.99. The van der Waals surface area contributed by atoms with Crippen molar-refractivity contribution in [3.05, 3.63) is 9.83 Å². The SMILES string of the molecule is Nc1cc(I)on1. The van der Waals surface area contributed by atoms with E-state index in [1.807, 2.05) is 22.6 Å². The normalized spacial score (nSPS) is 9.29. The maximum atomic E-state index is 5.17. The molecule has 0 saturated heterocycles. The second kappa shape index (κ2) is 1.69. The molecule has 0 saturated carbocycles. The number of rotatable bonds is 0. The van der Waals surface area contributed by atoms with E-state index in [9.17, 15) is 0 Å². The Balaban J connectivity index is 3.04. The molecule has 0 aromatic carbocycles. The first kappa shape index (κ1) is 4.89. The van der Waals surface area contributed by atoms with Crippen molar-refractivity contribution < 1.29 is 4.52 Å². The number of nitrogens with two attached hydrogens (primary N) is 1. The maximum absolute atomic E-state index is 5.17. The minimum Gasteiger partial charge on any atom is -0.381 e. The third-order valence-electron chi connectivity index (χ3n) is 0.500. The molecule has 0 aliphatic heterocycles. The van der Waals surface area contributed by atoms with E-state index in [1.54, 1.807) is 6.07 Å². The molecule has 1 aromatic rings. The molecule has 0 spiro atoms. The lowest BCUT2D eigenvalue weighted by molar-refractivity contribution is 0.401. The Kier molecular flexibility index (Phi) is 1.18. The number of anilines is 1. The van der Waals surface area contributed by atoms with E-state index in [0.29, 0.717) is 5.82 Å².